The zero-order valence-electron chi connectivity index (χ0n) is 8.97. The topological polar surface area (TPSA) is 23.8 Å². The number of allylic oxidation sites excluding steroid dienone is 2. The Balaban J connectivity index is 1.89. The van der Waals surface area contributed by atoms with Crippen LogP contribution in [0.1, 0.15) is 12.8 Å². The number of nitrogens with zero attached hydrogens (tertiary/aromatic N) is 1. The monoisotopic (exact) mass is 275 g/mol. The van der Waals surface area contributed by atoms with Gasteiger partial charge in [-0.05, 0) is 0 Å². The first-order valence-corrected chi connectivity index (χ1v) is 7.37. The van der Waals surface area contributed by atoms with Crippen molar-refractivity contribution in [1.29, 1.82) is 5.26 Å². The Morgan fingerprint density at radius 1 is 1.25 bits per heavy atom. The van der Waals surface area contributed by atoms with Crippen LogP contribution in [0.2, 0.25) is 4.31 Å². The zero-order valence-corrected chi connectivity index (χ0v) is 10.7. The van der Waals surface area contributed by atoms with E-state index in [9.17, 15) is 5.26 Å². The molecule has 0 radical (unpaired) electrons. The summed E-state index contributed by atoms with van der Waals surface area (Å²) in [4.78, 5) is 0. The Kier molecular flexibility index (Phi) is 2.39. The Morgan fingerprint density at radius 2 is 2.06 bits per heavy atom. The van der Waals surface area contributed by atoms with E-state index in [4.69, 9.17) is 0 Å². The van der Waals surface area contributed by atoms with E-state index in [1.165, 1.54) is 10.9 Å². The Hall–Kier alpha value is -1.03. The van der Waals surface area contributed by atoms with Crippen LogP contribution in [0.5, 0.6) is 0 Å². The number of hydrogen-bond donors (Lipinski definition) is 0. The van der Waals surface area contributed by atoms with E-state index < -0.39 is 0 Å². The first kappa shape index (κ1) is 10.1. The van der Waals surface area contributed by atoms with Gasteiger partial charge in [-0.25, -0.2) is 0 Å². The molecule has 2 bridgehead atoms. The first-order chi connectivity index (χ1) is 7.82. The van der Waals surface area contributed by atoms with Crippen molar-refractivity contribution in [3.63, 3.8) is 0 Å². The molecule has 3 atom stereocenters. The molecular weight excluding hydrogens is 261 g/mol. The number of hydrogen-bond acceptors (Lipinski definition) is 1. The number of nitriles is 1. The molecule has 16 heavy (non-hydrogen) atoms. The summed E-state index contributed by atoms with van der Waals surface area (Å²) >= 11 is 0.285. The van der Waals surface area contributed by atoms with Crippen LogP contribution in [0.15, 0.2) is 42.5 Å². The van der Waals surface area contributed by atoms with E-state index >= 15 is 0 Å². The van der Waals surface area contributed by atoms with Crippen LogP contribution in [-0.2, 0) is 0 Å². The van der Waals surface area contributed by atoms with Gasteiger partial charge in [0.2, 0.25) is 0 Å². The van der Waals surface area contributed by atoms with Gasteiger partial charge in [0.25, 0.3) is 0 Å². The van der Waals surface area contributed by atoms with Crippen molar-refractivity contribution in [2.75, 3.05) is 0 Å². The van der Waals surface area contributed by atoms with Crippen molar-refractivity contribution < 1.29 is 0 Å². The molecule has 0 aliphatic heterocycles. The number of rotatable bonds is 2. The van der Waals surface area contributed by atoms with Crippen molar-refractivity contribution >= 4 is 19.4 Å². The summed E-state index contributed by atoms with van der Waals surface area (Å²) in [6.07, 6.45) is 6.88. The normalized spacial score (nSPS) is 35.2. The predicted molar refractivity (Wildman–Crippen MR) is 65.5 cm³/mol. The van der Waals surface area contributed by atoms with E-state index in [0.717, 1.165) is 6.42 Å². The molecule has 2 aliphatic rings. The fourth-order valence-corrected chi connectivity index (χ4v) is 5.68. The van der Waals surface area contributed by atoms with Gasteiger partial charge in [-0.15, -0.1) is 0 Å². The van der Waals surface area contributed by atoms with Crippen molar-refractivity contribution in [2.45, 2.75) is 17.2 Å². The molecule has 0 amide bonds. The summed E-state index contributed by atoms with van der Waals surface area (Å²) in [5.41, 5.74) is 0. The van der Waals surface area contributed by atoms with E-state index in [0.29, 0.717) is 11.8 Å². The van der Waals surface area contributed by atoms with Gasteiger partial charge in [-0.3, -0.25) is 0 Å². The van der Waals surface area contributed by atoms with Gasteiger partial charge in [0.05, 0.1) is 0 Å². The molecule has 1 aromatic rings. The van der Waals surface area contributed by atoms with Crippen molar-refractivity contribution in [2.24, 2.45) is 11.8 Å². The summed E-state index contributed by atoms with van der Waals surface area (Å²) in [6.45, 7) is 0. The molecule has 1 saturated carbocycles. The van der Waals surface area contributed by atoms with Crippen LogP contribution >= 0.6 is 0 Å². The van der Waals surface area contributed by atoms with Crippen LogP contribution < -0.4 is 4.46 Å². The fraction of sp³-hybridized carbons (Fsp3) is 0.357. The second-order valence-electron chi connectivity index (χ2n) is 4.61. The molecule has 80 valence electrons. The molecule has 1 nitrogen and oxygen atoms in total. The van der Waals surface area contributed by atoms with Gasteiger partial charge in [0.1, 0.15) is 0 Å². The molecule has 0 spiro atoms. The van der Waals surface area contributed by atoms with Crippen LogP contribution in [0, 0.1) is 23.2 Å². The average molecular weight is 274 g/mol. The molecular formula is C14H13NSe. The summed E-state index contributed by atoms with van der Waals surface area (Å²) in [5.74, 6) is 1.19. The third-order valence-electron chi connectivity index (χ3n) is 3.57. The Labute approximate surface area is 102 Å². The summed E-state index contributed by atoms with van der Waals surface area (Å²) < 4.78 is 1.30. The molecule has 0 N–H and O–H groups in total. The summed E-state index contributed by atoms with van der Waals surface area (Å²) in [6, 6.07) is 13.1. The third kappa shape index (κ3) is 1.52. The van der Waals surface area contributed by atoms with E-state index in [1.54, 1.807) is 0 Å². The SMILES string of the molecule is N#C[C@@]1([Se]c2ccccc2)C[C@H]2C=C[C@@H]1C2. The van der Waals surface area contributed by atoms with Crippen LogP contribution in [0.25, 0.3) is 0 Å². The second-order valence-corrected chi connectivity index (χ2v) is 7.55. The first-order valence-electron chi connectivity index (χ1n) is 5.66. The molecule has 2 aliphatic carbocycles. The van der Waals surface area contributed by atoms with Gasteiger partial charge in [0.15, 0.2) is 0 Å². The van der Waals surface area contributed by atoms with Crippen LogP contribution in [-0.4, -0.2) is 15.0 Å². The standard InChI is InChI=1S/C14H13NSe/c15-10-14(9-11-6-7-12(14)8-11)16-13-4-2-1-3-5-13/h1-7,11-12H,8-9H2/t11-,12+,14-/m0/s1. The summed E-state index contributed by atoms with van der Waals surface area (Å²) in [7, 11) is 0. The van der Waals surface area contributed by atoms with E-state index in [1.807, 2.05) is 6.07 Å². The Bertz CT molecular complexity index is 459. The maximum absolute atomic E-state index is 9.53. The van der Waals surface area contributed by atoms with Gasteiger partial charge in [-0.1, -0.05) is 0 Å². The predicted octanol–water partition coefficient (Wildman–Crippen LogP) is 2.29. The van der Waals surface area contributed by atoms with Gasteiger partial charge in [0, 0.05) is 0 Å². The fourth-order valence-electron chi connectivity index (χ4n) is 2.78. The molecule has 3 rings (SSSR count). The second kappa shape index (κ2) is 3.77. The van der Waals surface area contributed by atoms with Gasteiger partial charge in [-0.2, -0.15) is 0 Å². The summed E-state index contributed by atoms with van der Waals surface area (Å²) in [5, 5.41) is 9.53. The Morgan fingerprint density at radius 3 is 2.62 bits per heavy atom. The van der Waals surface area contributed by atoms with Crippen LogP contribution in [0.4, 0.5) is 0 Å². The van der Waals surface area contributed by atoms with E-state index in [2.05, 4.69) is 42.5 Å². The minimum absolute atomic E-state index is 0.0617. The molecule has 2 heteroatoms. The van der Waals surface area contributed by atoms with Crippen molar-refractivity contribution in [1.82, 2.24) is 0 Å². The minimum atomic E-state index is -0.0617. The number of benzene rings is 1. The van der Waals surface area contributed by atoms with Crippen LogP contribution in [0.3, 0.4) is 0 Å². The van der Waals surface area contributed by atoms with Gasteiger partial charge >= 0.3 is 102 Å². The van der Waals surface area contributed by atoms with Crippen molar-refractivity contribution in [3.05, 3.63) is 42.5 Å². The third-order valence-corrected chi connectivity index (χ3v) is 6.58. The van der Waals surface area contributed by atoms with Crippen molar-refractivity contribution in [3.8, 4) is 6.07 Å². The molecule has 0 aromatic heterocycles. The molecule has 1 fully saturated rings. The van der Waals surface area contributed by atoms with Gasteiger partial charge < -0.3 is 0 Å². The van der Waals surface area contributed by atoms with E-state index in [-0.39, 0.29) is 19.3 Å². The quantitative estimate of drug-likeness (QED) is 0.599. The molecule has 0 unspecified atom stereocenters. The molecule has 0 heterocycles. The average Bonchev–Trinajstić information content (AvgIpc) is 2.91. The maximum atomic E-state index is 9.53. The molecule has 1 aromatic carbocycles. The number of fused-ring (bicyclic) bond motifs is 2. The zero-order chi connectivity index (χ0) is 11.0. The molecule has 0 saturated heterocycles.